The summed E-state index contributed by atoms with van der Waals surface area (Å²) in [6.45, 7) is 8.40. The molecule has 4 N–H and O–H groups in total. The normalized spacial score (nSPS) is 16.1. The minimum atomic E-state index is -5.43. The van der Waals surface area contributed by atoms with Crippen LogP contribution in [-0.2, 0) is 26.6 Å². The number of carbonyl (C=O) groups excluding carboxylic acids is 2. The zero-order valence-corrected chi connectivity index (χ0v) is 28.5. The molecule has 1 fully saturated rings. The number of halogens is 3. The van der Waals surface area contributed by atoms with Crippen LogP contribution in [0.1, 0.15) is 58.1 Å². The molecule has 1 aromatic heterocycles. The van der Waals surface area contributed by atoms with E-state index >= 15 is 0 Å². The fourth-order valence-corrected chi connectivity index (χ4v) is 6.11. The number of amides is 1. The van der Waals surface area contributed by atoms with Gasteiger partial charge in [-0.05, 0) is 106 Å². The van der Waals surface area contributed by atoms with Gasteiger partial charge in [0, 0.05) is 47.7 Å². The summed E-state index contributed by atoms with van der Waals surface area (Å²) in [6, 6.07) is 18.3. The highest BCUT2D eigenvalue weighted by atomic mass is 19.4. The first-order valence-electron chi connectivity index (χ1n) is 16.6. The third-order valence-corrected chi connectivity index (χ3v) is 8.47. The Morgan fingerprint density at radius 2 is 1.82 bits per heavy atom. The maximum Gasteiger partial charge on any atom is 0.491 e. The number of rotatable bonds is 12. The number of benzene rings is 3. The molecule has 10 nitrogen and oxygen atoms in total. The number of aromatic nitrogens is 1. The Hall–Kier alpha value is -5.20. The number of anilines is 3. The van der Waals surface area contributed by atoms with Crippen LogP contribution in [0.5, 0.6) is 11.5 Å². The van der Waals surface area contributed by atoms with Gasteiger partial charge >= 0.3 is 12.1 Å². The van der Waals surface area contributed by atoms with Gasteiger partial charge in [-0.15, -0.1) is 0 Å². The van der Waals surface area contributed by atoms with E-state index in [1.165, 1.54) is 30.5 Å². The molecule has 1 saturated heterocycles. The van der Waals surface area contributed by atoms with E-state index in [0.29, 0.717) is 16.5 Å². The second-order valence-corrected chi connectivity index (χ2v) is 12.4. The molecule has 50 heavy (non-hydrogen) atoms. The summed E-state index contributed by atoms with van der Waals surface area (Å²) in [6.07, 6.45) is -1.09. The molecule has 5 rings (SSSR count). The first-order chi connectivity index (χ1) is 23.8. The van der Waals surface area contributed by atoms with Gasteiger partial charge in [-0.3, -0.25) is 4.79 Å². The third-order valence-electron chi connectivity index (χ3n) is 8.47. The lowest BCUT2D eigenvalue weighted by molar-refractivity contribution is -0.213. The van der Waals surface area contributed by atoms with E-state index in [1.54, 1.807) is 39.0 Å². The van der Waals surface area contributed by atoms with Gasteiger partial charge in [-0.2, -0.15) is 13.2 Å². The van der Waals surface area contributed by atoms with Crippen LogP contribution < -0.4 is 30.7 Å². The summed E-state index contributed by atoms with van der Waals surface area (Å²) < 4.78 is 58.9. The van der Waals surface area contributed by atoms with E-state index in [1.807, 2.05) is 24.3 Å². The van der Waals surface area contributed by atoms with Crippen molar-refractivity contribution in [1.82, 2.24) is 10.3 Å². The largest absolute Gasteiger partial charge is 0.491 e. The number of alkyl halides is 3. The lowest BCUT2D eigenvalue weighted by atomic mass is 9.98. The summed E-state index contributed by atoms with van der Waals surface area (Å²) >= 11 is 0. The number of hydrogen-bond donors (Lipinski definition) is 3. The Morgan fingerprint density at radius 1 is 1.04 bits per heavy atom. The number of nitrogens with two attached hydrogens (primary N) is 1. The Morgan fingerprint density at radius 3 is 2.54 bits per heavy atom. The number of nitrogens with one attached hydrogen (secondary N) is 2. The number of carbonyl (C=O) groups is 2. The first-order valence-corrected chi connectivity index (χ1v) is 16.6. The zero-order valence-electron chi connectivity index (χ0n) is 28.5. The highest BCUT2D eigenvalue weighted by molar-refractivity contribution is 5.96. The number of nitrogen functional groups attached to an aromatic ring is 1. The molecule has 1 aliphatic rings. The van der Waals surface area contributed by atoms with E-state index < -0.39 is 23.8 Å². The average molecular weight is 694 g/mol. The van der Waals surface area contributed by atoms with Crippen molar-refractivity contribution in [2.75, 3.05) is 29.1 Å². The van der Waals surface area contributed by atoms with Gasteiger partial charge in [0.25, 0.3) is 11.6 Å². The highest BCUT2D eigenvalue weighted by Gasteiger charge is 2.52. The van der Waals surface area contributed by atoms with Crippen LogP contribution in [0.4, 0.5) is 30.4 Å². The molecule has 0 saturated carbocycles. The molecular formula is C37H42F3N5O5. The van der Waals surface area contributed by atoms with Gasteiger partial charge in [0.1, 0.15) is 5.82 Å². The molecule has 0 bridgehead atoms. The number of piperidine rings is 1. The molecule has 0 spiro atoms. The lowest BCUT2D eigenvalue weighted by Crippen LogP contribution is -2.54. The molecule has 1 aliphatic heterocycles. The van der Waals surface area contributed by atoms with Crippen LogP contribution >= 0.6 is 0 Å². The first kappa shape index (κ1) is 36.1. The average Bonchev–Trinajstić information content (AvgIpc) is 3.07. The van der Waals surface area contributed by atoms with E-state index in [4.69, 9.17) is 19.9 Å². The van der Waals surface area contributed by atoms with Crippen LogP contribution in [0.3, 0.4) is 0 Å². The lowest BCUT2D eigenvalue weighted by Gasteiger charge is -2.37. The van der Waals surface area contributed by atoms with E-state index in [0.717, 1.165) is 37.1 Å². The molecular weight excluding hydrogens is 651 g/mol. The van der Waals surface area contributed by atoms with Gasteiger partial charge in [0.15, 0.2) is 11.5 Å². The maximum absolute atomic E-state index is 14.6. The van der Waals surface area contributed by atoms with Crippen molar-refractivity contribution >= 4 is 39.8 Å². The van der Waals surface area contributed by atoms with E-state index in [2.05, 4.69) is 27.4 Å². The van der Waals surface area contributed by atoms with Gasteiger partial charge in [-0.1, -0.05) is 18.2 Å². The predicted molar refractivity (Wildman–Crippen MR) is 186 cm³/mol. The van der Waals surface area contributed by atoms with Crippen molar-refractivity contribution in [3.05, 3.63) is 84.1 Å². The number of ether oxygens (including phenoxy) is 3. The summed E-state index contributed by atoms with van der Waals surface area (Å²) in [5.74, 6) is -2.95. The number of hydrogen-bond acceptors (Lipinski definition) is 9. The summed E-state index contributed by atoms with van der Waals surface area (Å²) in [4.78, 5) is 33.7. The summed E-state index contributed by atoms with van der Waals surface area (Å²) in [5.41, 5.74) is 4.96. The molecule has 2 heterocycles. The van der Waals surface area contributed by atoms with Crippen LogP contribution in [0, 0.1) is 0 Å². The fourth-order valence-electron chi connectivity index (χ4n) is 6.11. The topological polar surface area (TPSA) is 128 Å². The highest BCUT2D eigenvalue weighted by Crippen LogP contribution is 2.39. The third kappa shape index (κ3) is 7.98. The molecule has 0 radical (unpaired) electrons. The predicted octanol–water partition coefficient (Wildman–Crippen LogP) is 7.07. The maximum atomic E-state index is 14.6. The molecule has 13 heteroatoms. The van der Waals surface area contributed by atoms with Crippen molar-refractivity contribution in [2.45, 2.75) is 77.5 Å². The smallest absolute Gasteiger partial charge is 0.490 e. The van der Waals surface area contributed by atoms with Crippen LogP contribution in [0.25, 0.3) is 10.8 Å². The Labute approximate surface area is 289 Å². The van der Waals surface area contributed by atoms with Crippen molar-refractivity contribution in [3.63, 3.8) is 0 Å². The van der Waals surface area contributed by atoms with Crippen molar-refractivity contribution < 1.29 is 37.0 Å². The molecule has 2 unspecified atom stereocenters. The van der Waals surface area contributed by atoms with Crippen molar-refractivity contribution in [2.24, 2.45) is 0 Å². The van der Waals surface area contributed by atoms with E-state index in [9.17, 15) is 22.8 Å². The monoisotopic (exact) mass is 693 g/mol. The molecule has 266 valence electrons. The quantitative estimate of drug-likeness (QED) is 0.105. The molecule has 2 atom stereocenters. The van der Waals surface area contributed by atoms with Gasteiger partial charge < -0.3 is 35.5 Å². The Bertz CT molecular complexity index is 1840. The second-order valence-electron chi connectivity index (χ2n) is 12.4. The summed E-state index contributed by atoms with van der Waals surface area (Å²) in [7, 11) is 0. The second kappa shape index (κ2) is 15.1. The van der Waals surface area contributed by atoms with Crippen LogP contribution in [0.2, 0.25) is 0 Å². The fraction of sp³-hybridized carbons (Fsp3) is 0.378. The van der Waals surface area contributed by atoms with Crippen molar-refractivity contribution in [1.29, 1.82) is 0 Å². The number of pyridine rings is 1. The Kier molecular flexibility index (Phi) is 10.9. The van der Waals surface area contributed by atoms with Crippen LogP contribution in [-0.4, -0.2) is 48.3 Å². The summed E-state index contributed by atoms with van der Waals surface area (Å²) in [5, 5.41) is 6.79. The minimum absolute atomic E-state index is 0.0714. The van der Waals surface area contributed by atoms with Gasteiger partial charge in [0.2, 0.25) is 0 Å². The van der Waals surface area contributed by atoms with Gasteiger partial charge in [0.05, 0.1) is 12.7 Å². The number of esters is 1. The molecule has 0 aliphatic carbocycles. The standard InChI is InChI=1S/C37H42F3N5O5/c1-5-48-32-21-27(13-16-31(32)49-23(2)3)36(50-35(47)37(38,39)40,44-28-14-15-29-25(20-28)17-18-42-33(29)41)34(46)43-22-26-11-6-7-12-30(26)45-19-9-8-10-24(45)4/h6-7,11-18,20-21,23-24,44H,5,8-10,19,22H2,1-4H3,(H2,41,42)(H,43,46). The number of para-hydroxylation sites is 1. The number of fused-ring (bicyclic) bond motifs is 1. The Balaban J connectivity index is 1.64. The minimum Gasteiger partial charge on any atom is -0.490 e. The van der Waals surface area contributed by atoms with E-state index in [-0.39, 0.29) is 48.1 Å². The van der Waals surface area contributed by atoms with Crippen LogP contribution in [0.15, 0.2) is 72.9 Å². The van der Waals surface area contributed by atoms with Gasteiger partial charge in [-0.25, -0.2) is 9.78 Å². The number of nitrogens with zero attached hydrogens (tertiary/aromatic N) is 2. The van der Waals surface area contributed by atoms with Crippen molar-refractivity contribution in [3.8, 4) is 11.5 Å². The zero-order chi connectivity index (χ0) is 36.1. The SMILES string of the molecule is CCOc1cc(C(Nc2ccc3c(N)nccc3c2)(OC(=O)C(F)(F)F)C(=O)NCc2ccccc2N2CCCCC2C)ccc1OC(C)C. The molecule has 4 aromatic rings. The molecule has 3 aromatic carbocycles. The molecule has 1 amide bonds.